The number of guanidine groups is 1. The second kappa shape index (κ2) is 9.85. The number of aromatic nitrogens is 1. The highest BCUT2D eigenvalue weighted by Crippen LogP contribution is 2.27. The van der Waals surface area contributed by atoms with Crippen molar-refractivity contribution in [1.82, 2.24) is 20.1 Å². The average molecular weight is 412 g/mol. The molecule has 1 aromatic heterocycles. The number of aryl methyl sites for hydroxylation is 1. The summed E-state index contributed by atoms with van der Waals surface area (Å²) in [5.41, 5.74) is 1.20. The second-order valence-electron chi connectivity index (χ2n) is 6.80. The van der Waals surface area contributed by atoms with E-state index in [2.05, 4.69) is 47.1 Å². The standard InChI is InChI=1S/C18H30BrN5O/c1-20-18(24(3)13-16-11-15(19)12-23(16)2)22-9-8-21-17(25)10-14-6-4-5-7-14/h11-12,14H,4-10,13H2,1-3H3,(H,20,22)(H,21,25). The number of nitrogens with zero attached hydrogens (tertiary/aromatic N) is 3. The first-order valence-corrected chi connectivity index (χ1v) is 9.78. The maximum atomic E-state index is 11.9. The Labute approximate surface area is 159 Å². The number of amides is 1. The van der Waals surface area contributed by atoms with E-state index >= 15 is 0 Å². The van der Waals surface area contributed by atoms with Gasteiger partial charge in [-0.15, -0.1) is 0 Å². The van der Waals surface area contributed by atoms with Crippen LogP contribution >= 0.6 is 15.9 Å². The SMILES string of the molecule is CN=C(NCCNC(=O)CC1CCCC1)N(C)Cc1cc(Br)cn1C. The van der Waals surface area contributed by atoms with Gasteiger partial charge in [-0.3, -0.25) is 9.79 Å². The molecule has 0 unspecified atom stereocenters. The van der Waals surface area contributed by atoms with E-state index in [4.69, 9.17) is 0 Å². The average Bonchev–Trinajstić information content (AvgIpc) is 3.17. The van der Waals surface area contributed by atoms with Gasteiger partial charge >= 0.3 is 0 Å². The molecule has 140 valence electrons. The Morgan fingerprint density at radius 3 is 2.64 bits per heavy atom. The molecule has 2 rings (SSSR count). The van der Waals surface area contributed by atoms with E-state index in [-0.39, 0.29) is 5.91 Å². The summed E-state index contributed by atoms with van der Waals surface area (Å²) in [6.07, 6.45) is 7.69. The van der Waals surface area contributed by atoms with Crippen LogP contribution in [0.5, 0.6) is 0 Å². The molecule has 1 amide bonds. The van der Waals surface area contributed by atoms with E-state index in [0.717, 1.165) is 17.0 Å². The Morgan fingerprint density at radius 1 is 1.36 bits per heavy atom. The van der Waals surface area contributed by atoms with Crippen molar-refractivity contribution in [2.45, 2.75) is 38.6 Å². The van der Waals surface area contributed by atoms with Gasteiger partial charge in [-0.25, -0.2) is 0 Å². The highest BCUT2D eigenvalue weighted by molar-refractivity contribution is 9.10. The summed E-state index contributed by atoms with van der Waals surface area (Å²) in [6.45, 7) is 2.05. The third-order valence-electron chi connectivity index (χ3n) is 4.73. The van der Waals surface area contributed by atoms with Crippen molar-refractivity contribution in [3.05, 3.63) is 22.4 Å². The van der Waals surface area contributed by atoms with Crippen LogP contribution in [0.4, 0.5) is 0 Å². The molecule has 1 heterocycles. The van der Waals surface area contributed by atoms with E-state index in [9.17, 15) is 4.79 Å². The molecule has 2 N–H and O–H groups in total. The lowest BCUT2D eigenvalue weighted by molar-refractivity contribution is -0.121. The van der Waals surface area contributed by atoms with Crippen LogP contribution < -0.4 is 10.6 Å². The van der Waals surface area contributed by atoms with Crippen LogP contribution in [0.25, 0.3) is 0 Å². The van der Waals surface area contributed by atoms with Crippen molar-refractivity contribution < 1.29 is 4.79 Å². The summed E-state index contributed by atoms with van der Waals surface area (Å²) >= 11 is 3.50. The van der Waals surface area contributed by atoms with Gasteiger partial charge in [-0.05, 0) is 40.8 Å². The van der Waals surface area contributed by atoms with Gasteiger partial charge in [0.25, 0.3) is 0 Å². The Balaban J connectivity index is 1.68. The number of hydrogen-bond acceptors (Lipinski definition) is 2. The van der Waals surface area contributed by atoms with Crippen LogP contribution in [-0.2, 0) is 18.4 Å². The zero-order valence-electron chi connectivity index (χ0n) is 15.5. The summed E-state index contributed by atoms with van der Waals surface area (Å²) in [5, 5.41) is 6.31. The van der Waals surface area contributed by atoms with E-state index in [0.29, 0.717) is 25.4 Å². The summed E-state index contributed by atoms with van der Waals surface area (Å²) in [7, 11) is 5.82. The smallest absolute Gasteiger partial charge is 0.220 e. The molecule has 0 radical (unpaired) electrons. The first-order valence-electron chi connectivity index (χ1n) is 8.98. The molecule has 1 fully saturated rings. The van der Waals surface area contributed by atoms with Crippen LogP contribution in [0.3, 0.4) is 0 Å². The van der Waals surface area contributed by atoms with Crippen LogP contribution in [-0.4, -0.2) is 48.5 Å². The van der Waals surface area contributed by atoms with Crippen molar-refractivity contribution >= 4 is 27.8 Å². The number of halogens is 1. The van der Waals surface area contributed by atoms with Crippen molar-refractivity contribution in [2.75, 3.05) is 27.2 Å². The minimum atomic E-state index is 0.172. The molecule has 0 aromatic carbocycles. The third kappa shape index (κ3) is 6.38. The summed E-state index contributed by atoms with van der Waals surface area (Å²) in [4.78, 5) is 18.3. The molecule has 0 spiro atoms. The maximum absolute atomic E-state index is 11.9. The third-order valence-corrected chi connectivity index (χ3v) is 5.16. The minimum absolute atomic E-state index is 0.172. The summed E-state index contributed by atoms with van der Waals surface area (Å²) in [6, 6.07) is 2.10. The summed E-state index contributed by atoms with van der Waals surface area (Å²) in [5.74, 6) is 1.59. The Morgan fingerprint density at radius 2 is 2.04 bits per heavy atom. The van der Waals surface area contributed by atoms with Gasteiger partial charge in [0, 0.05) is 57.0 Å². The zero-order chi connectivity index (χ0) is 18.2. The molecule has 25 heavy (non-hydrogen) atoms. The molecule has 1 saturated carbocycles. The van der Waals surface area contributed by atoms with Gasteiger partial charge in [0.05, 0.1) is 6.54 Å². The zero-order valence-corrected chi connectivity index (χ0v) is 17.1. The van der Waals surface area contributed by atoms with Gasteiger partial charge in [-0.2, -0.15) is 0 Å². The second-order valence-corrected chi connectivity index (χ2v) is 7.71. The number of carbonyl (C=O) groups excluding carboxylic acids is 1. The van der Waals surface area contributed by atoms with Gasteiger partial charge < -0.3 is 20.1 Å². The lowest BCUT2D eigenvalue weighted by atomic mass is 10.0. The maximum Gasteiger partial charge on any atom is 0.220 e. The minimum Gasteiger partial charge on any atom is -0.354 e. The number of hydrogen-bond donors (Lipinski definition) is 2. The first kappa shape index (κ1) is 19.8. The van der Waals surface area contributed by atoms with E-state index in [1.165, 1.54) is 31.4 Å². The molecule has 0 saturated heterocycles. The number of rotatable bonds is 7. The fourth-order valence-corrected chi connectivity index (χ4v) is 3.92. The van der Waals surface area contributed by atoms with Gasteiger partial charge in [-0.1, -0.05) is 12.8 Å². The molecule has 0 atom stereocenters. The molecule has 0 aliphatic heterocycles. The van der Waals surface area contributed by atoms with Crippen molar-refractivity contribution in [1.29, 1.82) is 0 Å². The number of nitrogens with one attached hydrogen (secondary N) is 2. The van der Waals surface area contributed by atoms with Crippen molar-refractivity contribution in [2.24, 2.45) is 18.0 Å². The fraction of sp³-hybridized carbons (Fsp3) is 0.667. The molecular formula is C18H30BrN5O. The largest absolute Gasteiger partial charge is 0.354 e. The topological polar surface area (TPSA) is 61.7 Å². The van der Waals surface area contributed by atoms with Crippen molar-refractivity contribution in [3.63, 3.8) is 0 Å². The van der Waals surface area contributed by atoms with E-state index < -0.39 is 0 Å². The van der Waals surface area contributed by atoms with Gasteiger partial charge in [0.1, 0.15) is 0 Å². The lowest BCUT2D eigenvalue weighted by Gasteiger charge is -2.22. The molecule has 1 aliphatic carbocycles. The van der Waals surface area contributed by atoms with Crippen LogP contribution in [0, 0.1) is 5.92 Å². The first-order chi connectivity index (χ1) is 12.0. The number of carbonyl (C=O) groups is 1. The van der Waals surface area contributed by atoms with Crippen LogP contribution in [0.15, 0.2) is 21.7 Å². The van der Waals surface area contributed by atoms with Crippen LogP contribution in [0.2, 0.25) is 0 Å². The van der Waals surface area contributed by atoms with Gasteiger partial charge in [0.15, 0.2) is 5.96 Å². The Kier molecular flexibility index (Phi) is 7.81. The molecule has 1 aliphatic rings. The van der Waals surface area contributed by atoms with E-state index in [1.807, 2.05) is 20.3 Å². The lowest BCUT2D eigenvalue weighted by Crippen LogP contribution is -2.42. The predicted molar refractivity (Wildman–Crippen MR) is 106 cm³/mol. The quantitative estimate of drug-likeness (QED) is 0.411. The normalized spacial score (nSPS) is 15.4. The molecule has 1 aromatic rings. The van der Waals surface area contributed by atoms with Crippen LogP contribution in [0.1, 0.15) is 37.8 Å². The molecule has 6 nitrogen and oxygen atoms in total. The molecule has 7 heteroatoms. The molecule has 0 bridgehead atoms. The summed E-state index contributed by atoms with van der Waals surface area (Å²) < 4.78 is 3.17. The predicted octanol–water partition coefficient (Wildman–Crippen LogP) is 2.49. The number of aliphatic imine (C=N–C) groups is 1. The van der Waals surface area contributed by atoms with Gasteiger partial charge in [0.2, 0.25) is 5.91 Å². The Bertz CT molecular complexity index is 592. The van der Waals surface area contributed by atoms with Crippen molar-refractivity contribution in [3.8, 4) is 0 Å². The Hall–Kier alpha value is -1.50. The monoisotopic (exact) mass is 411 g/mol. The highest BCUT2D eigenvalue weighted by Gasteiger charge is 2.18. The highest BCUT2D eigenvalue weighted by atomic mass is 79.9. The van der Waals surface area contributed by atoms with E-state index in [1.54, 1.807) is 7.05 Å². The molecular weight excluding hydrogens is 382 g/mol. The fourth-order valence-electron chi connectivity index (χ4n) is 3.35.